The third-order valence-corrected chi connectivity index (χ3v) is 4.50. The molecule has 0 radical (unpaired) electrons. The van der Waals surface area contributed by atoms with Crippen LogP contribution >= 0.6 is 0 Å². The molecule has 0 atom stereocenters. The van der Waals surface area contributed by atoms with Crippen molar-refractivity contribution in [2.45, 2.75) is 5.92 Å². The van der Waals surface area contributed by atoms with Crippen LogP contribution in [0.4, 0.5) is 11.4 Å². The highest BCUT2D eigenvalue weighted by molar-refractivity contribution is 5.95. The fourth-order valence-electron chi connectivity index (χ4n) is 3.06. The summed E-state index contributed by atoms with van der Waals surface area (Å²) >= 11 is 0. The van der Waals surface area contributed by atoms with Crippen LogP contribution in [-0.2, 0) is 0 Å². The predicted molar refractivity (Wildman–Crippen MR) is 107 cm³/mol. The maximum atomic E-state index is 12.6. The number of nitrogens with zero attached hydrogens (tertiary/aromatic N) is 2. The van der Waals surface area contributed by atoms with E-state index in [0.717, 1.165) is 23.3 Å². The third-order valence-electron chi connectivity index (χ3n) is 4.50. The smallest absolute Gasteiger partial charge is 0.346 e. The summed E-state index contributed by atoms with van der Waals surface area (Å²) in [6, 6.07) is 22.4. The van der Waals surface area contributed by atoms with Crippen LogP contribution < -0.4 is 5.32 Å². The Kier molecular flexibility index (Phi) is 5.94. The second kappa shape index (κ2) is 8.75. The number of rotatable bonds is 7. The maximum Gasteiger partial charge on any atom is 0.346 e. The van der Waals surface area contributed by atoms with Crippen LogP contribution in [0.15, 0.2) is 78.9 Å². The molecule has 3 aromatic rings. The lowest BCUT2D eigenvalue weighted by Gasteiger charge is -2.19. The van der Waals surface area contributed by atoms with Crippen LogP contribution in [0.3, 0.4) is 0 Å². The minimum Gasteiger partial charge on any atom is -0.351 e. The van der Waals surface area contributed by atoms with Gasteiger partial charge in [-0.15, -0.1) is 0 Å². The monoisotopic (exact) mass is 391 g/mol. The normalized spacial score (nSPS) is 10.5. The molecule has 0 aliphatic heterocycles. The summed E-state index contributed by atoms with van der Waals surface area (Å²) < 4.78 is 0. The number of nitro groups is 2. The number of hydrogen-bond donors (Lipinski definition) is 1. The summed E-state index contributed by atoms with van der Waals surface area (Å²) in [5.41, 5.74) is 0.632. The minimum atomic E-state index is -0.869. The molecule has 8 nitrogen and oxygen atoms in total. The fourth-order valence-corrected chi connectivity index (χ4v) is 3.06. The van der Waals surface area contributed by atoms with E-state index in [9.17, 15) is 25.0 Å². The molecule has 0 heterocycles. The molecule has 0 unspecified atom stereocenters. The quantitative estimate of drug-likeness (QED) is 0.481. The molecule has 0 bridgehead atoms. The minimum absolute atomic E-state index is 0.0119. The number of nitrogens with one attached hydrogen (secondary N) is 1. The van der Waals surface area contributed by atoms with Gasteiger partial charge in [0.2, 0.25) is 0 Å². The van der Waals surface area contributed by atoms with Crippen molar-refractivity contribution in [3.05, 3.63) is 116 Å². The van der Waals surface area contributed by atoms with E-state index in [4.69, 9.17) is 0 Å². The van der Waals surface area contributed by atoms with E-state index in [2.05, 4.69) is 5.32 Å². The largest absolute Gasteiger partial charge is 0.351 e. The summed E-state index contributed by atoms with van der Waals surface area (Å²) in [7, 11) is 0. The molecule has 0 aliphatic rings. The zero-order chi connectivity index (χ0) is 20.8. The van der Waals surface area contributed by atoms with Gasteiger partial charge >= 0.3 is 11.4 Å². The van der Waals surface area contributed by atoms with Gasteiger partial charge in [-0.2, -0.15) is 0 Å². The standard InChI is InChI=1S/C21H17N3O5/c25-21(17-11-12-19(23(26)27)20(13-17)24(28)29)22-14-18(15-7-3-1-4-8-15)16-9-5-2-6-10-16/h1-13,18H,14H2,(H,22,25). The zero-order valence-electron chi connectivity index (χ0n) is 15.2. The highest BCUT2D eigenvalue weighted by atomic mass is 16.6. The van der Waals surface area contributed by atoms with Gasteiger partial charge < -0.3 is 5.32 Å². The molecule has 0 saturated heterocycles. The average Bonchev–Trinajstić information content (AvgIpc) is 2.74. The van der Waals surface area contributed by atoms with E-state index < -0.39 is 27.1 Å². The van der Waals surface area contributed by atoms with Crippen molar-refractivity contribution < 1.29 is 14.6 Å². The highest BCUT2D eigenvalue weighted by Crippen LogP contribution is 2.28. The molecule has 3 aromatic carbocycles. The Morgan fingerprint density at radius 2 is 1.31 bits per heavy atom. The molecular formula is C21H17N3O5. The van der Waals surface area contributed by atoms with Crippen molar-refractivity contribution in [2.24, 2.45) is 0 Å². The van der Waals surface area contributed by atoms with Crippen LogP contribution in [-0.4, -0.2) is 22.3 Å². The number of benzene rings is 3. The molecule has 146 valence electrons. The number of nitro benzene ring substituents is 2. The average molecular weight is 391 g/mol. The molecule has 0 fully saturated rings. The van der Waals surface area contributed by atoms with Crippen LogP contribution in [0, 0.1) is 20.2 Å². The van der Waals surface area contributed by atoms with Gasteiger partial charge in [0.05, 0.1) is 9.85 Å². The molecule has 1 amide bonds. The van der Waals surface area contributed by atoms with Gasteiger partial charge in [-0.05, 0) is 17.2 Å². The van der Waals surface area contributed by atoms with E-state index in [1.54, 1.807) is 0 Å². The van der Waals surface area contributed by atoms with Gasteiger partial charge in [0.1, 0.15) is 0 Å². The molecule has 29 heavy (non-hydrogen) atoms. The molecule has 8 heteroatoms. The second-order valence-electron chi connectivity index (χ2n) is 6.30. The van der Waals surface area contributed by atoms with Crippen LogP contribution in [0.2, 0.25) is 0 Å². The van der Waals surface area contributed by atoms with Crippen LogP contribution in [0.1, 0.15) is 27.4 Å². The van der Waals surface area contributed by atoms with Gasteiger partial charge in [0.15, 0.2) is 0 Å². The van der Waals surface area contributed by atoms with Gasteiger partial charge in [-0.25, -0.2) is 0 Å². The molecule has 0 saturated carbocycles. The Hall–Kier alpha value is -4.07. The third kappa shape index (κ3) is 4.62. The SMILES string of the molecule is O=C(NCC(c1ccccc1)c1ccccc1)c1ccc([N+](=O)[O-])c([N+](=O)[O-])c1. The van der Waals surface area contributed by atoms with Crippen molar-refractivity contribution in [1.29, 1.82) is 0 Å². The summed E-state index contributed by atoms with van der Waals surface area (Å²) in [4.78, 5) is 32.9. The Labute approximate surface area is 166 Å². The van der Waals surface area contributed by atoms with E-state index in [1.807, 2.05) is 60.7 Å². The van der Waals surface area contributed by atoms with Crippen molar-refractivity contribution in [3.8, 4) is 0 Å². The number of carbonyl (C=O) groups is 1. The molecular weight excluding hydrogens is 374 g/mol. The zero-order valence-corrected chi connectivity index (χ0v) is 15.2. The Bertz CT molecular complexity index is 999. The first-order chi connectivity index (χ1) is 14.0. The van der Waals surface area contributed by atoms with Crippen molar-refractivity contribution >= 4 is 17.3 Å². The van der Waals surface area contributed by atoms with Gasteiger partial charge in [0.25, 0.3) is 5.91 Å². The lowest BCUT2D eigenvalue weighted by molar-refractivity contribution is -0.422. The topological polar surface area (TPSA) is 115 Å². The summed E-state index contributed by atoms with van der Waals surface area (Å²) in [5.74, 6) is -0.658. The number of amides is 1. The van der Waals surface area contributed by atoms with Gasteiger partial charge in [-0.1, -0.05) is 60.7 Å². The Balaban J connectivity index is 1.83. The number of hydrogen-bond acceptors (Lipinski definition) is 5. The van der Waals surface area contributed by atoms with Crippen molar-refractivity contribution in [1.82, 2.24) is 5.32 Å². The molecule has 1 N–H and O–H groups in total. The molecule has 0 aromatic heterocycles. The first-order valence-corrected chi connectivity index (χ1v) is 8.78. The molecule has 0 spiro atoms. The Morgan fingerprint density at radius 3 is 1.79 bits per heavy atom. The lowest BCUT2D eigenvalue weighted by Crippen LogP contribution is -2.29. The molecule has 0 aliphatic carbocycles. The fraction of sp³-hybridized carbons (Fsp3) is 0.0952. The van der Waals surface area contributed by atoms with Gasteiger partial charge in [-0.3, -0.25) is 25.0 Å². The predicted octanol–water partition coefficient (Wildman–Crippen LogP) is 4.06. The van der Waals surface area contributed by atoms with E-state index >= 15 is 0 Å². The van der Waals surface area contributed by atoms with E-state index in [1.165, 1.54) is 6.07 Å². The van der Waals surface area contributed by atoms with E-state index in [0.29, 0.717) is 0 Å². The lowest BCUT2D eigenvalue weighted by atomic mass is 9.91. The molecule has 3 rings (SSSR count). The Morgan fingerprint density at radius 1 is 0.793 bits per heavy atom. The van der Waals surface area contributed by atoms with Crippen molar-refractivity contribution in [3.63, 3.8) is 0 Å². The summed E-state index contributed by atoms with van der Waals surface area (Å²) in [6.07, 6.45) is 0. The number of carbonyl (C=O) groups excluding carboxylic acids is 1. The summed E-state index contributed by atoms with van der Waals surface area (Å²) in [6.45, 7) is 0.262. The summed E-state index contributed by atoms with van der Waals surface area (Å²) in [5, 5.41) is 24.8. The van der Waals surface area contributed by atoms with Crippen molar-refractivity contribution in [2.75, 3.05) is 6.54 Å². The van der Waals surface area contributed by atoms with Crippen LogP contribution in [0.25, 0.3) is 0 Å². The maximum absolute atomic E-state index is 12.6. The highest BCUT2D eigenvalue weighted by Gasteiger charge is 2.26. The van der Waals surface area contributed by atoms with Crippen LogP contribution in [0.5, 0.6) is 0 Å². The first-order valence-electron chi connectivity index (χ1n) is 8.78. The van der Waals surface area contributed by atoms with E-state index in [-0.39, 0.29) is 18.0 Å². The van der Waals surface area contributed by atoms with Gasteiger partial charge in [0, 0.05) is 30.2 Å². The first kappa shape index (κ1) is 19.7. The second-order valence-corrected chi connectivity index (χ2v) is 6.30.